The summed E-state index contributed by atoms with van der Waals surface area (Å²) in [6, 6.07) is 14.0. The molecule has 4 heteroatoms. The third kappa shape index (κ3) is 3.39. The van der Waals surface area contributed by atoms with E-state index in [0.717, 1.165) is 33.6 Å². The van der Waals surface area contributed by atoms with Crippen LogP contribution in [0.3, 0.4) is 0 Å². The predicted octanol–water partition coefficient (Wildman–Crippen LogP) is 4.17. The molecule has 0 fully saturated rings. The fraction of sp³-hybridized carbons (Fsp3) is 0.294. The summed E-state index contributed by atoms with van der Waals surface area (Å²) in [4.78, 5) is 0. The Labute approximate surface area is 134 Å². The first-order valence-corrected chi connectivity index (χ1v) is 7.70. The van der Waals surface area contributed by atoms with Crippen molar-refractivity contribution in [2.45, 2.75) is 13.0 Å². The van der Waals surface area contributed by atoms with Crippen LogP contribution in [-0.4, -0.2) is 20.8 Å². The number of methoxy groups -OCH3 is 2. The highest BCUT2D eigenvalue weighted by molar-refractivity contribution is 9.10. The van der Waals surface area contributed by atoms with Crippen LogP contribution in [0.5, 0.6) is 11.5 Å². The van der Waals surface area contributed by atoms with Crippen LogP contribution in [-0.2, 0) is 0 Å². The predicted molar refractivity (Wildman–Crippen MR) is 89.2 cm³/mol. The Balaban J connectivity index is 2.61. The molecular weight excluding hydrogens is 330 g/mol. The highest BCUT2D eigenvalue weighted by Gasteiger charge is 2.23. The van der Waals surface area contributed by atoms with Crippen LogP contribution >= 0.6 is 15.9 Å². The van der Waals surface area contributed by atoms with Gasteiger partial charge >= 0.3 is 0 Å². The Morgan fingerprint density at radius 3 is 2.14 bits per heavy atom. The fourth-order valence-electron chi connectivity index (χ4n) is 2.45. The first-order valence-electron chi connectivity index (χ1n) is 6.91. The maximum atomic E-state index is 5.54. The lowest BCUT2D eigenvalue weighted by atomic mass is 9.96. The summed E-state index contributed by atoms with van der Waals surface area (Å²) in [6.07, 6.45) is 0. The van der Waals surface area contributed by atoms with Crippen molar-refractivity contribution in [1.82, 2.24) is 5.32 Å². The molecule has 1 N–H and O–H groups in total. The molecular formula is C17H20BrNO2. The molecule has 0 heterocycles. The molecule has 112 valence electrons. The molecule has 0 amide bonds. The summed E-state index contributed by atoms with van der Waals surface area (Å²) >= 11 is 3.64. The van der Waals surface area contributed by atoms with Crippen LogP contribution < -0.4 is 14.8 Å². The number of nitrogens with one attached hydrogen (secondary N) is 1. The minimum absolute atomic E-state index is 0.00308. The molecule has 0 saturated carbocycles. The van der Waals surface area contributed by atoms with Crippen molar-refractivity contribution in [3.05, 3.63) is 58.1 Å². The Morgan fingerprint density at radius 1 is 1.00 bits per heavy atom. The molecule has 0 aliphatic carbocycles. The van der Waals surface area contributed by atoms with Gasteiger partial charge in [-0.15, -0.1) is 0 Å². The standard InChI is InChI=1S/C17H20BrNO2/c1-4-19-17(12-8-5-6-9-13(12)18)16-14(20-2)10-7-11-15(16)21-3/h5-11,17,19H,4H2,1-3H3. The van der Waals surface area contributed by atoms with E-state index in [2.05, 4.69) is 34.2 Å². The van der Waals surface area contributed by atoms with E-state index in [1.807, 2.05) is 36.4 Å². The van der Waals surface area contributed by atoms with Gasteiger partial charge in [-0.1, -0.05) is 47.1 Å². The first-order chi connectivity index (χ1) is 10.2. The average Bonchev–Trinajstić information content (AvgIpc) is 2.52. The van der Waals surface area contributed by atoms with Crippen molar-refractivity contribution in [3.8, 4) is 11.5 Å². The van der Waals surface area contributed by atoms with E-state index in [1.165, 1.54) is 0 Å². The third-order valence-corrected chi connectivity index (χ3v) is 4.10. The topological polar surface area (TPSA) is 30.5 Å². The van der Waals surface area contributed by atoms with E-state index < -0.39 is 0 Å². The van der Waals surface area contributed by atoms with Gasteiger partial charge in [0.2, 0.25) is 0 Å². The second kappa shape index (κ2) is 7.48. The lowest BCUT2D eigenvalue weighted by molar-refractivity contribution is 0.377. The molecule has 0 bridgehead atoms. The largest absolute Gasteiger partial charge is 0.496 e. The molecule has 3 nitrogen and oxygen atoms in total. The molecule has 2 aromatic carbocycles. The van der Waals surface area contributed by atoms with Gasteiger partial charge in [0.1, 0.15) is 11.5 Å². The summed E-state index contributed by atoms with van der Waals surface area (Å²) in [5.41, 5.74) is 2.17. The van der Waals surface area contributed by atoms with Crippen molar-refractivity contribution in [1.29, 1.82) is 0 Å². The number of benzene rings is 2. The quantitative estimate of drug-likeness (QED) is 0.848. The maximum absolute atomic E-state index is 5.54. The van der Waals surface area contributed by atoms with Gasteiger partial charge < -0.3 is 14.8 Å². The Hall–Kier alpha value is -1.52. The summed E-state index contributed by atoms with van der Waals surface area (Å²) in [7, 11) is 3.36. The van der Waals surface area contributed by atoms with Gasteiger partial charge in [-0.05, 0) is 30.3 Å². The number of hydrogen-bond acceptors (Lipinski definition) is 3. The monoisotopic (exact) mass is 349 g/mol. The summed E-state index contributed by atoms with van der Waals surface area (Å²) in [6.45, 7) is 2.93. The zero-order valence-electron chi connectivity index (χ0n) is 12.5. The van der Waals surface area contributed by atoms with Crippen LogP contribution in [0, 0.1) is 0 Å². The summed E-state index contributed by atoms with van der Waals surface area (Å²) < 4.78 is 12.1. The van der Waals surface area contributed by atoms with Crippen LogP contribution in [0.4, 0.5) is 0 Å². The van der Waals surface area contributed by atoms with Gasteiger partial charge in [-0.3, -0.25) is 0 Å². The molecule has 2 rings (SSSR count). The lowest BCUT2D eigenvalue weighted by Crippen LogP contribution is -2.23. The van der Waals surface area contributed by atoms with E-state index in [-0.39, 0.29) is 6.04 Å². The van der Waals surface area contributed by atoms with Gasteiger partial charge in [0.25, 0.3) is 0 Å². The minimum Gasteiger partial charge on any atom is -0.496 e. The van der Waals surface area contributed by atoms with Gasteiger partial charge in [0, 0.05) is 4.47 Å². The van der Waals surface area contributed by atoms with Gasteiger partial charge in [-0.25, -0.2) is 0 Å². The maximum Gasteiger partial charge on any atom is 0.127 e. The zero-order valence-corrected chi connectivity index (χ0v) is 14.1. The van der Waals surface area contributed by atoms with Crippen LogP contribution in [0.1, 0.15) is 24.1 Å². The van der Waals surface area contributed by atoms with Crippen molar-refractivity contribution in [2.75, 3.05) is 20.8 Å². The van der Waals surface area contributed by atoms with Crippen LogP contribution in [0.15, 0.2) is 46.9 Å². The Morgan fingerprint density at radius 2 is 1.62 bits per heavy atom. The molecule has 0 saturated heterocycles. The Bertz CT molecular complexity index is 579. The molecule has 1 unspecified atom stereocenters. The second-order valence-corrected chi connectivity index (χ2v) is 5.44. The molecule has 2 aromatic rings. The van der Waals surface area contributed by atoms with E-state index in [0.29, 0.717) is 0 Å². The first kappa shape index (κ1) is 15.9. The number of rotatable bonds is 6. The van der Waals surface area contributed by atoms with Crippen LogP contribution in [0.25, 0.3) is 0 Å². The van der Waals surface area contributed by atoms with Crippen molar-refractivity contribution < 1.29 is 9.47 Å². The van der Waals surface area contributed by atoms with E-state index >= 15 is 0 Å². The van der Waals surface area contributed by atoms with E-state index in [4.69, 9.17) is 9.47 Å². The molecule has 21 heavy (non-hydrogen) atoms. The van der Waals surface area contributed by atoms with E-state index in [1.54, 1.807) is 14.2 Å². The normalized spacial score (nSPS) is 12.0. The van der Waals surface area contributed by atoms with Gasteiger partial charge in [0.15, 0.2) is 0 Å². The lowest BCUT2D eigenvalue weighted by Gasteiger charge is -2.24. The van der Waals surface area contributed by atoms with E-state index in [9.17, 15) is 0 Å². The molecule has 0 radical (unpaired) electrons. The second-order valence-electron chi connectivity index (χ2n) is 4.59. The molecule has 0 aliphatic rings. The highest BCUT2D eigenvalue weighted by atomic mass is 79.9. The highest BCUT2D eigenvalue weighted by Crippen LogP contribution is 2.39. The van der Waals surface area contributed by atoms with Crippen LogP contribution in [0.2, 0.25) is 0 Å². The SMILES string of the molecule is CCNC(c1ccccc1Br)c1c(OC)cccc1OC. The van der Waals surface area contributed by atoms with Crippen molar-refractivity contribution in [2.24, 2.45) is 0 Å². The van der Waals surface area contributed by atoms with Crippen molar-refractivity contribution in [3.63, 3.8) is 0 Å². The summed E-state index contributed by atoms with van der Waals surface area (Å²) in [5, 5.41) is 3.52. The number of hydrogen-bond donors (Lipinski definition) is 1. The number of ether oxygens (including phenoxy) is 2. The summed E-state index contributed by atoms with van der Waals surface area (Å²) in [5.74, 6) is 1.63. The molecule has 0 spiro atoms. The third-order valence-electron chi connectivity index (χ3n) is 3.38. The average molecular weight is 350 g/mol. The van der Waals surface area contributed by atoms with Gasteiger partial charge in [-0.2, -0.15) is 0 Å². The smallest absolute Gasteiger partial charge is 0.127 e. The minimum atomic E-state index is -0.00308. The molecule has 0 aromatic heterocycles. The zero-order chi connectivity index (χ0) is 15.2. The Kier molecular flexibility index (Phi) is 5.65. The molecule has 0 aliphatic heterocycles. The van der Waals surface area contributed by atoms with Gasteiger partial charge in [0.05, 0.1) is 25.8 Å². The van der Waals surface area contributed by atoms with Crippen molar-refractivity contribution >= 4 is 15.9 Å². The molecule has 1 atom stereocenters. The number of halogens is 1. The fourth-order valence-corrected chi connectivity index (χ4v) is 2.96.